The number of nitrogens with one attached hydrogen (secondary N) is 1. The molecule has 0 aliphatic heterocycles. The molecule has 0 unspecified atom stereocenters. The number of aryl methyl sites for hydroxylation is 1. The normalized spacial score (nSPS) is 17.2. The number of benzene rings is 1. The molecule has 2 rings (SSSR count). The van der Waals surface area contributed by atoms with Crippen LogP contribution in [-0.2, 0) is 0 Å². The van der Waals surface area contributed by atoms with Gasteiger partial charge in [0, 0.05) is 31.2 Å². The maximum Gasteiger partial charge on any atom is 0.0393 e. The van der Waals surface area contributed by atoms with Crippen molar-refractivity contribution in [3.8, 4) is 0 Å². The summed E-state index contributed by atoms with van der Waals surface area (Å²) in [6.07, 6.45) is 2.73. The number of nitrogens with zero attached hydrogens (tertiary/aromatic N) is 1. The van der Waals surface area contributed by atoms with Crippen LogP contribution >= 0.6 is 0 Å². The van der Waals surface area contributed by atoms with Gasteiger partial charge in [0.15, 0.2) is 0 Å². The highest BCUT2D eigenvalue weighted by Crippen LogP contribution is 2.46. The third-order valence-electron chi connectivity index (χ3n) is 3.61. The molecule has 2 nitrogen and oxygen atoms in total. The van der Waals surface area contributed by atoms with Gasteiger partial charge in [0.2, 0.25) is 0 Å². The molecule has 0 heterocycles. The number of para-hydroxylation sites is 1. The van der Waals surface area contributed by atoms with E-state index in [0.29, 0.717) is 5.41 Å². The Morgan fingerprint density at radius 1 is 1.31 bits per heavy atom. The molecule has 0 aromatic heterocycles. The van der Waals surface area contributed by atoms with E-state index in [9.17, 15) is 0 Å². The zero-order chi connectivity index (χ0) is 11.6. The molecule has 1 aromatic carbocycles. The predicted molar refractivity (Wildman–Crippen MR) is 70.0 cm³/mol. The standard InChI is InChI=1S/C14H22N2/c1-12-6-4-5-7-13(12)16(3)11-14(8-9-14)10-15-2/h4-7,15H,8-11H2,1-3H3. The average Bonchev–Trinajstić information content (AvgIpc) is 2.99. The summed E-state index contributed by atoms with van der Waals surface area (Å²) in [5.74, 6) is 0. The van der Waals surface area contributed by atoms with E-state index in [0.717, 1.165) is 6.54 Å². The van der Waals surface area contributed by atoms with Gasteiger partial charge < -0.3 is 10.2 Å². The third-order valence-corrected chi connectivity index (χ3v) is 3.61. The van der Waals surface area contributed by atoms with E-state index in [1.807, 2.05) is 7.05 Å². The molecule has 1 aromatic rings. The highest BCUT2D eigenvalue weighted by atomic mass is 15.1. The lowest BCUT2D eigenvalue weighted by molar-refractivity contribution is 0.482. The second kappa shape index (κ2) is 4.46. The molecule has 0 saturated heterocycles. The van der Waals surface area contributed by atoms with Gasteiger partial charge in [0.1, 0.15) is 0 Å². The van der Waals surface area contributed by atoms with Crippen LogP contribution in [0.2, 0.25) is 0 Å². The average molecular weight is 218 g/mol. The minimum atomic E-state index is 0.534. The van der Waals surface area contributed by atoms with E-state index in [1.54, 1.807) is 0 Å². The molecule has 1 aliphatic carbocycles. The molecule has 1 N–H and O–H groups in total. The fourth-order valence-corrected chi connectivity index (χ4v) is 2.52. The molecule has 88 valence electrons. The van der Waals surface area contributed by atoms with Crippen molar-refractivity contribution in [2.45, 2.75) is 19.8 Å². The first-order valence-electron chi connectivity index (χ1n) is 6.08. The van der Waals surface area contributed by atoms with Crippen molar-refractivity contribution in [3.05, 3.63) is 29.8 Å². The fourth-order valence-electron chi connectivity index (χ4n) is 2.52. The monoisotopic (exact) mass is 218 g/mol. The summed E-state index contributed by atoms with van der Waals surface area (Å²) in [6.45, 7) is 4.49. The molecule has 0 atom stereocenters. The van der Waals surface area contributed by atoms with Crippen LogP contribution in [0.1, 0.15) is 18.4 Å². The van der Waals surface area contributed by atoms with Crippen LogP contribution in [0.15, 0.2) is 24.3 Å². The minimum absolute atomic E-state index is 0.534. The van der Waals surface area contributed by atoms with Crippen molar-refractivity contribution in [2.75, 3.05) is 32.1 Å². The van der Waals surface area contributed by atoms with E-state index in [2.05, 4.69) is 48.5 Å². The first kappa shape index (κ1) is 11.5. The molecule has 0 radical (unpaired) electrons. The Labute approximate surface area is 98.7 Å². The van der Waals surface area contributed by atoms with E-state index in [-0.39, 0.29) is 0 Å². The van der Waals surface area contributed by atoms with Crippen LogP contribution in [0.3, 0.4) is 0 Å². The molecular formula is C14H22N2. The summed E-state index contributed by atoms with van der Waals surface area (Å²) < 4.78 is 0. The van der Waals surface area contributed by atoms with Crippen molar-refractivity contribution in [1.82, 2.24) is 5.32 Å². The number of anilines is 1. The molecule has 1 fully saturated rings. The highest BCUT2D eigenvalue weighted by molar-refractivity contribution is 5.52. The van der Waals surface area contributed by atoms with Gasteiger partial charge >= 0.3 is 0 Å². The van der Waals surface area contributed by atoms with Crippen molar-refractivity contribution in [2.24, 2.45) is 5.41 Å². The summed E-state index contributed by atoms with van der Waals surface area (Å²) in [7, 11) is 4.26. The first-order valence-corrected chi connectivity index (χ1v) is 6.08. The largest absolute Gasteiger partial charge is 0.374 e. The Bertz CT molecular complexity index is 356. The van der Waals surface area contributed by atoms with Crippen LogP contribution in [0.5, 0.6) is 0 Å². The van der Waals surface area contributed by atoms with Crippen LogP contribution < -0.4 is 10.2 Å². The smallest absolute Gasteiger partial charge is 0.0393 e. The number of hydrogen-bond acceptors (Lipinski definition) is 2. The van der Waals surface area contributed by atoms with Crippen LogP contribution in [-0.4, -0.2) is 27.2 Å². The Hall–Kier alpha value is -1.02. The third kappa shape index (κ3) is 2.38. The summed E-state index contributed by atoms with van der Waals surface area (Å²) >= 11 is 0. The SMILES string of the molecule is CNCC1(CN(C)c2ccccc2C)CC1. The molecule has 16 heavy (non-hydrogen) atoms. The zero-order valence-corrected chi connectivity index (χ0v) is 10.6. The van der Waals surface area contributed by atoms with Crippen molar-refractivity contribution in [1.29, 1.82) is 0 Å². The molecule has 2 heteroatoms. The van der Waals surface area contributed by atoms with Gasteiger partial charge in [0.05, 0.1) is 0 Å². The van der Waals surface area contributed by atoms with Gasteiger partial charge in [-0.25, -0.2) is 0 Å². The quantitative estimate of drug-likeness (QED) is 0.816. The Morgan fingerprint density at radius 3 is 2.56 bits per heavy atom. The topological polar surface area (TPSA) is 15.3 Å². The van der Waals surface area contributed by atoms with Gasteiger partial charge in [-0.3, -0.25) is 0 Å². The lowest BCUT2D eigenvalue weighted by Crippen LogP contribution is -2.33. The number of rotatable bonds is 5. The summed E-state index contributed by atoms with van der Waals surface area (Å²) in [4.78, 5) is 2.40. The predicted octanol–water partition coefficient (Wildman–Crippen LogP) is 2.43. The Balaban J connectivity index is 2.03. The Kier molecular flexibility index (Phi) is 3.20. The lowest BCUT2D eigenvalue weighted by Gasteiger charge is -2.26. The number of hydrogen-bond donors (Lipinski definition) is 1. The van der Waals surface area contributed by atoms with Gasteiger partial charge in [-0.15, -0.1) is 0 Å². The van der Waals surface area contributed by atoms with Crippen molar-refractivity contribution >= 4 is 5.69 Å². The van der Waals surface area contributed by atoms with Crippen molar-refractivity contribution < 1.29 is 0 Å². The summed E-state index contributed by atoms with van der Waals surface area (Å²) in [5, 5.41) is 3.32. The molecule has 0 amide bonds. The second-order valence-corrected chi connectivity index (χ2v) is 5.17. The van der Waals surface area contributed by atoms with Gasteiger partial charge in [-0.1, -0.05) is 18.2 Å². The van der Waals surface area contributed by atoms with E-state index in [1.165, 1.54) is 30.6 Å². The minimum Gasteiger partial charge on any atom is -0.374 e. The van der Waals surface area contributed by atoms with E-state index >= 15 is 0 Å². The molecule has 1 saturated carbocycles. The van der Waals surface area contributed by atoms with Crippen molar-refractivity contribution in [3.63, 3.8) is 0 Å². The summed E-state index contributed by atoms with van der Waals surface area (Å²) in [6, 6.07) is 8.62. The molecular weight excluding hydrogens is 196 g/mol. The Morgan fingerprint density at radius 2 is 2.00 bits per heavy atom. The van der Waals surface area contributed by atoms with E-state index in [4.69, 9.17) is 0 Å². The van der Waals surface area contributed by atoms with Crippen LogP contribution in [0.4, 0.5) is 5.69 Å². The molecule has 0 bridgehead atoms. The summed E-state index contributed by atoms with van der Waals surface area (Å²) in [5.41, 5.74) is 3.27. The van der Waals surface area contributed by atoms with Crippen LogP contribution in [0, 0.1) is 12.3 Å². The highest BCUT2D eigenvalue weighted by Gasteiger charge is 2.42. The van der Waals surface area contributed by atoms with Crippen LogP contribution in [0.25, 0.3) is 0 Å². The maximum atomic E-state index is 3.32. The van der Waals surface area contributed by atoms with Gasteiger partial charge in [-0.05, 0) is 38.4 Å². The molecule has 0 spiro atoms. The van der Waals surface area contributed by atoms with E-state index < -0.39 is 0 Å². The second-order valence-electron chi connectivity index (χ2n) is 5.17. The maximum absolute atomic E-state index is 3.32. The lowest BCUT2D eigenvalue weighted by atomic mass is 10.1. The fraction of sp³-hybridized carbons (Fsp3) is 0.571. The van der Waals surface area contributed by atoms with Gasteiger partial charge in [0.25, 0.3) is 0 Å². The molecule has 1 aliphatic rings. The van der Waals surface area contributed by atoms with Gasteiger partial charge in [-0.2, -0.15) is 0 Å². The first-order chi connectivity index (χ1) is 7.67. The zero-order valence-electron chi connectivity index (χ0n) is 10.6.